The number of thioether (sulfide) groups is 2. The van der Waals surface area contributed by atoms with E-state index < -0.39 is 28.0 Å². The fraction of sp³-hybridized carbons (Fsp3) is 0.278. The molecular formula is C18H16IN5O5S3. The summed E-state index contributed by atoms with van der Waals surface area (Å²) in [6.07, 6.45) is 0. The van der Waals surface area contributed by atoms with Crippen LogP contribution in [0, 0.1) is 3.57 Å². The van der Waals surface area contributed by atoms with Crippen molar-refractivity contribution in [2.24, 2.45) is 5.16 Å². The molecule has 0 aliphatic carbocycles. The number of amides is 2. The molecule has 32 heavy (non-hydrogen) atoms. The summed E-state index contributed by atoms with van der Waals surface area (Å²) in [7, 11) is 0. The minimum absolute atomic E-state index is 0.0183. The molecule has 1 aromatic heterocycles. The van der Waals surface area contributed by atoms with E-state index >= 15 is 0 Å². The maximum absolute atomic E-state index is 12.8. The summed E-state index contributed by atoms with van der Waals surface area (Å²) >= 11 is 5.77. The number of nitrogens with two attached hydrogens (primary N) is 1. The molecule has 168 valence electrons. The zero-order valence-electron chi connectivity index (χ0n) is 16.1. The quantitative estimate of drug-likeness (QED) is 0.126. The van der Waals surface area contributed by atoms with Crippen molar-refractivity contribution in [2.75, 3.05) is 18.0 Å². The van der Waals surface area contributed by atoms with E-state index in [2.05, 4.69) is 38.0 Å². The van der Waals surface area contributed by atoms with Crippen LogP contribution < -0.4 is 11.1 Å². The molecule has 0 spiro atoms. The normalized spacial score (nSPS) is 25.1. The fourth-order valence-electron chi connectivity index (χ4n) is 3.34. The molecule has 0 saturated carbocycles. The van der Waals surface area contributed by atoms with Crippen LogP contribution in [-0.2, 0) is 14.4 Å². The van der Waals surface area contributed by atoms with Crippen LogP contribution >= 0.6 is 57.5 Å². The van der Waals surface area contributed by atoms with Gasteiger partial charge in [-0.2, -0.15) is 0 Å². The van der Waals surface area contributed by atoms with E-state index in [0.717, 1.165) is 19.8 Å². The molecule has 2 aliphatic rings. The zero-order chi connectivity index (χ0) is 23.0. The number of anilines is 1. The number of carbonyl (C=O) groups excluding carboxylic acids is 2. The van der Waals surface area contributed by atoms with Gasteiger partial charge in [-0.25, -0.2) is 4.98 Å². The van der Waals surface area contributed by atoms with Gasteiger partial charge in [0.1, 0.15) is 21.9 Å². The molecule has 2 aliphatic heterocycles. The number of aromatic nitrogens is 1. The van der Waals surface area contributed by atoms with Gasteiger partial charge in [-0.3, -0.25) is 14.4 Å². The molecule has 1 aromatic carbocycles. The van der Waals surface area contributed by atoms with Gasteiger partial charge in [-0.05, 0) is 34.7 Å². The first-order valence-electron chi connectivity index (χ1n) is 9.09. The number of nitrogens with zero attached hydrogens (tertiary/aromatic N) is 3. The Kier molecular flexibility index (Phi) is 6.56. The van der Waals surface area contributed by atoms with Gasteiger partial charge in [-0.1, -0.05) is 17.3 Å². The highest BCUT2D eigenvalue weighted by Gasteiger charge is 2.58. The van der Waals surface area contributed by atoms with Crippen LogP contribution in [0.3, 0.4) is 0 Å². The summed E-state index contributed by atoms with van der Waals surface area (Å²) in [5.74, 6) is -1.90. The minimum Gasteiger partial charge on any atom is -0.480 e. The first-order chi connectivity index (χ1) is 15.3. The van der Waals surface area contributed by atoms with Crippen LogP contribution in [0.1, 0.15) is 5.69 Å². The van der Waals surface area contributed by atoms with Crippen LogP contribution in [0.2, 0.25) is 0 Å². The molecule has 2 aromatic rings. The lowest BCUT2D eigenvalue weighted by Gasteiger charge is -2.53. The second-order valence-electron chi connectivity index (χ2n) is 6.97. The van der Waals surface area contributed by atoms with E-state index in [-0.39, 0.29) is 34.7 Å². The van der Waals surface area contributed by atoms with Gasteiger partial charge in [0.25, 0.3) is 5.91 Å². The SMILES string of the molecule is Nc1nc(C(=NO)C(=O)N[C@@H]2C(=O)N3CC(Sc4ccccc4I)(C(=O)O)CS[C@H]23)cs1. The van der Waals surface area contributed by atoms with E-state index in [1.807, 2.05) is 24.3 Å². The average molecular weight is 605 g/mol. The number of nitrogen functional groups attached to an aromatic ring is 1. The standard InChI is InChI=1S/C18H16IN5O5S3/c19-8-3-1-2-4-10(8)32-18(16(27)28)6-24-14(26)12(15(24)31-7-18)22-13(25)11(23-29)9-5-30-17(20)21-9/h1-5,12,15,29H,6-7H2,(H2,20,21)(H,22,25)(H,27,28)/t12-,15-,18?/m1/s1. The van der Waals surface area contributed by atoms with Crippen molar-refractivity contribution in [3.8, 4) is 0 Å². The molecule has 10 nitrogen and oxygen atoms in total. The monoisotopic (exact) mass is 605 g/mol. The number of nitrogens with one attached hydrogen (secondary N) is 1. The first-order valence-corrected chi connectivity index (χ1v) is 12.9. The maximum Gasteiger partial charge on any atom is 0.322 e. The second kappa shape index (κ2) is 9.07. The van der Waals surface area contributed by atoms with E-state index in [0.29, 0.717) is 0 Å². The van der Waals surface area contributed by atoms with Crippen LogP contribution in [0.4, 0.5) is 5.13 Å². The number of hydrogen-bond acceptors (Lipinski definition) is 10. The Morgan fingerprint density at radius 3 is 2.78 bits per heavy atom. The third kappa shape index (κ3) is 4.15. The Bertz CT molecular complexity index is 1130. The highest BCUT2D eigenvalue weighted by atomic mass is 127. The summed E-state index contributed by atoms with van der Waals surface area (Å²) in [6, 6.07) is 6.62. The van der Waals surface area contributed by atoms with Crippen molar-refractivity contribution in [1.29, 1.82) is 0 Å². The predicted molar refractivity (Wildman–Crippen MR) is 130 cm³/mol. The maximum atomic E-state index is 12.8. The van der Waals surface area contributed by atoms with Gasteiger partial charge in [0.05, 0.1) is 0 Å². The summed E-state index contributed by atoms with van der Waals surface area (Å²) < 4.78 is -0.274. The lowest BCUT2D eigenvalue weighted by molar-refractivity contribution is -0.151. The number of carboxylic acids is 1. The Morgan fingerprint density at radius 2 is 2.16 bits per heavy atom. The number of carbonyl (C=O) groups is 3. The van der Waals surface area contributed by atoms with Crippen LogP contribution in [-0.4, -0.2) is 72.2 Å². The van der Waals surface area contributed by atoms with Crippen molar-refractivity contribution in [3.63, 3.8) is 0 Å². The van der Waals surface area contributed by atoms with Gasteiger partial charge in [0.15, 0.2) is 10.8 Å². The molecule has 1 unspecified atom stereocenters. The second-order valence-corrected chi connectivity index (χ2v) is 11.6. The van der Waals surface area contributed by atoms with Gasteiger partial charge in [0, 0.05) is 26.1 Å². The Morgan fingerprint density at radius 1 is 1.41 bits per heavy atom. The predicted octanol–water partition coefficient (Wildman–Crippen LogP) is 1.52. The Labute approximate surface area is 208 Å². The number of carboxylic acid groups (broad SMARTS) is 1. The van der Waals surface area contributed by atoms with E-state index in [4.69, 9.17) is 5.73 Å². The molecule has 5 N–H and O–H groups in total. The fourth-order valence-corrected chi connectivity index (χ4v) is 7.46. The largest absolute Gasteiger partial charge is 0.480 e. The molecule has 2 amide bonds. The van der Waals surface area contributed by atoms with Gasteiger partial charge in [0.2, 0.25) is 5.91 Å². The molecule has 3 atom stereocenters. The molecular weight excluding hydrogens is 589 g/mol. The van der Waals surface area contributed by atoms with Crippen molar-refractivity contribution >= 4 is 86.1 Å². The lowest BCUT2D eigenvalue weighted by atomic mass is 10.0. The molecule has 3 heterocycles. The molecule has 0 bridgehead atoms. The van der Waals surface area contributed by atoms with Crippen molar-refractivity contribution < 1.29 is 24.7 Å². The number of β-lactam (4-membered cyclic amide) rings is 1. The number of thiazole rings is 1. The number of rotatable bonds is 6. The smallest absolute Gasteiger partial charge is 0.322 e. The van der Waals surface area contributed by atoms with E-state index in [9.17, 15) is 24.7 Å². The molecule has 0 radical (unpaired) electrons. The number of oxime groups is 1. The highest BCUT2D eigenvalue weighted by Crippen LogP contribution is 2.47. The third-order valence-electron chi connectivity index (χ3n) is 4.95. The summed E-state index contributed by atoms with van der Waals surface area (Å²) in [5.41, 5.74) is 5.31. The summed E-state index contributed by atoms with van der Waals surface area (Å²) in [6.45, 7) is 0.0183. The van der Waals surface area contributed by atoms with E-state index in [1.54, 1.807) is 0 Å². The molecule has 4 rings (SSSR count). The average Bonchev–Trinajstić information content (AvgIpc) is 3.19. The topological polar surface area (TPSA) is 158 Å². The van der Waals surface area contributed by atoms with E-state index in [1.165, 1.54) is 33.8 Å². The molecule has 2 saturated heterocycles. The summed E-state index contributed by atoms with van der Waals surface area (Å²) in [5, 5.41) is 26.1. The van der Waals surface area contributed by atoms with Gasteiger partial charge < -0.3 is 26.3 Å². The van der Waals surface area contributed by atoms with Crippen LogP contribution in [0.25, 0.3) is 0 Å². The van der Waals surface area contributed by atoms with Gasteiger partial charge in [-0.15, -0.1) is 34.9 Å². The van der Waals surface area contributed by atoms with Crippen molar-refractivity contribution in [2.45, 2.75) is 21.1 Å². The molecule has 14 heteroatoms. The van der Waals surface area contributed by atoms with Crippen LogP contribution in [0.5, 0.6) is 0 Å². The van der Waals surface area contributed by atoms with Gasteiger partial charge >= 0.3 is 5.97 Å². The highest BCUT2D eigenvalue weighted by molar-refractivity contribution is 14.1. The minimum atomic E-state index is -1.21. The van der Waals surface area contributed by atoms with Crippen molar-refractivity contribution in [1.82, 2.24) is 15.2 Å². The number of aliphatic carboxylic acids is 1. The third-order valence-corrected chi connectivity index (χ3v) is 10.1. The number of halogens is 1. The molecule has 2 fully saturated rings. The number of hydrogen-bond donors (Lipinski definition) is 4. The zero-order valence-corrected chi connectivity index (χ0v) is 20.7. The first kappa shape index (κ1) is 23.1. The number of fused-ring (bicyclic) bond motifs is 1. The van der Waals surface area contributed by atoms with Crippen molar-refractivity contribution in [3.05, 3.63) is 38.9 Å². The van der Waals surface area contributed by atoms with Crippen LogP contribution in [0.15, 0.2) is 39.7 Å². The Balaban J connectivity index is 1.47. The Hall–Kier alpha value is -2.04. The summed E-state index contributed by atoms with van der Waals surface area (Å²) in [4.78, 5) is 43.8. The number of benzene rings is 1. The lowest BCUT2D eigenvalue weighted by Crippen LogP contribution is -2.74.